The molecule has 4 nitrogen and oxygen atoms in total. The summed E-state index contributed by atoms with van der Waals surface area (Å²) < 4.78 is 5.80. The van der Waals surface area contributed by atoms with E-state index in [1.165, 1.54) is 12.8 Å². The van der Waals surface area contributed by atoms with E-state index >= 15 is 0 Å². The topological polar surface area (TPSA) is 64.3 Å². The molecular formula is C16H23ClN2O2. The van der Waals surface area contributed by atoms with E-state index < -0.39 is 6.10 Å². The van der Waals surface area contributed by atoms with Gasteiger partial charge in [-0.05, 0) is 56.5 Å². The van der Waals surface area contributed by atoms with Crippen molar-refractivity contribution in [1.82, 2.24) is 5.32 Å². The van der Waals surface area contributed by atoms with Gasteiger partial charge < -0.3 is 15.8 Å². The van der Waals surface area contributed by atoms with Crippen molar-refractivity contribution in [3.8, 4) is 5.75 Å². The van der Waals surface area contributed by atoms with Crippen LogP contribution in [0.4, 0.5) is 0 Å². The molecule has 5 heteroatoms. The van der Waals surface area contributed by atoms with E-state index in [-0.39, 0.29) is 5.91 Å². The van der Waals surface area contributed by atoms with Crippen molar-refractivity contribution < 1.29 is 9.53 Å². The van der Waals surface area contributed by atoms with Gasteiger partial charge >= 0.3 is 0 Å². The van der Waals surface area contributed by atoms with Crippen LogP contribution in [0.15, 0.2) is 18.2 Å². The maximum Gasteiger partial charge on any atom is 0.260 e. The maximum atomic E-state index is 12.2. The summed E-state index contributed by atoms with van der Waals surface area (Å²) in [7, 11) is 0. The molecule has 0 heterocycles. The highest BCUT2D eigenvalue weighted by atomic mass is 35.5. The van der Waals surface area contributed by atoms with Crippen molar-refractivity contribution >= 4 is 17.5 Å². The highest BCUT2D eigenvalue weighted by molar-refractivity contribution is 6.30. The third-order valence-electron chi connectivity index (χ3n) is 3.81. The molecule has 0 spiro atoms. The average molecular weight is 311 g/mol. The van der Waals surface area contributed by atoms with Gasteiger partial charge in [0.05, 0.1) is 0 Å². The predicted octanol–water partition coefficient (Wildman–Crippen LogP) is 2.67. The predicted molar refractivity (Wildman–Crippen MR) is 84.7 cm³/mol. The van der Waals surface area contributed by atoms with Gasteiger partial charge in [-0.2, -0.15) is 0 Å². The van der Waals surface area contributed by atoms with Crippen LogP contribution in [0, 0.1) is 0 Å². The summed E-state index contributed by atoms with van der Waals surface area (Å²) in [6.07, 6.45) is 4.67. The number of hydrogen-bond donors (Lipinski definition) is 2. The van der Waals surface area contributed by atoms with Crippen molar-refractivity contribution in [2.45, 2.75) is 51.2 Å². The molecule has 0 bridgehead atoms. The van der Waals surface area contributed by atoms with Crippen molar-refractivity contribution in [1.29, 1.82) is 0 Å². The van der Waals surface area contributed by atoms with Crippen molar-refractivity contribution in [3.05, 3.63) is 28.8 Å². The normalized spacial score (nSPS) is 16.7. The fraction of sp³-hybridized carbons (Fsp3) is 0.562. The minimum atomic E-state index is -0.525. The first kappa shape index (κ1) is 16.1. The molecule has 21 heavy (non-hydrogen) atoms. The van der Waals surface area contributed by atoms with Gasteiger partial charge in [-0.15, -0.1) is 0 Å². The molecule has 0 aliphatic heterocycles. The summed E-state index contributed by atoms with van der Waals surface area (Å²) in [6.45, 7) is 2.28. The van der Waals surface area contributed by atoms with Gasteiger partial charge in [-0.1, -0.05) is 24.4 Å². The molecule has 0 aromatic heterocycles. The highest BCUT2D eigenvalue weighted by Gasteiger charge is 2.22. The quantitative estimate of drug-likeness (QED) is 0.849. The summed E-state index contributed by atoms with van der Waals surface area (Å²) in [5.74, 6) is 0.620. The van der Waals surface area contributed by atoms with Gasteiger partial charge in [-0.25, -0.2) is 0 Å². The molecule has 116 valence electrons. The average Bonchev–Trinajstić information content (AvgIpc) is 2.95. The first-order valence-corrected chi connectivity index (χ1v) is 7.93. The van der Waals surface area contributed by atoms with Crippen molar-refractivity contribution in [2.24, 2.45) is 5.73 Å². The second-order valence-corrected chi connectivity index (χ2v) is 5.98. The van der Waals surface area contributed by atoms with Crippen LogP contribution in [0.1, 0.15) is 38.2 Å². The smallest absolute Gasteiger partial charge is 0.260 e. The lowest BCUT2D eigenvalue weighted by Crippen LogP contribution is -2.41. The monoisotopic (exact) mass is 310 g/mol. The zero-order valence-corrected chi connectivity index (χ0v) is 13.2. The van der Waals surface area contributed by atoms with Crippen LogP contribution in [-0.2, 0) is 11.2 Å². The summed E-state index contributed by atoms with van der Waals surface area (Å²) in [6, 6.07) is 5.70. The third-order valence-corrected chi connectivity index (χ3v) is 4.05. The van der Waals surface area contributed by atoms with Crippen molar-refractivity contribution in [3.63, 3.8) is 0 Å². The molecule has 1 saturated carbocycles. The van der Waals surface area contributed by atoms with Crippen molar-refractivity contribution in [2.75, 3.05) is 6.54 Å². The Morgan fingerprint density at radius 3 is 2.86 bits per heavy atom. The number of carbonyl (C=O) groups is 1. The number of nitrogens with one attached hydrogen (secondary N) is 1. The summed E-state index contributed by atoms with van der Waals surface area (Å²) >= 11 is 5.99. The van der Waals surface area contributed by atoms with Crippen LogP contribution in [-0.4, -0.2) is 24.6 Å². The molecule has 1 fully saturated rings. The Morgan fingerprint density at radius 2 is 2.19 bits per heavy atom. The summed E-state index contributed by atoms with van der Waals surface area (Å²) in [5.41, 5.74) is 6.54. The van der Waals surface area contributed by atoms with E-state index in [9.17, 15) is 4.79 Å². The largest absolute Gasteiger partial charge is 0.481 e. The van der Waals surface area contributed by atoms with Gasteiger partial charge in [0.1, 0.15) is 5.75 Å². The fourth-order valence-corrected chi connectivity index (χ4v) is 2.84. The number of amides is 1. The number of carbonyl (C=O) groups excluding carboxylic acids is 1. The molecule has 2 rings (SSSR count). The molecule has 1 unspecified atom stereocenters. The molecule has 0 saturated heterocycles. The molecular weight excluding hydrogens is 288 g/mol. The molecule has 1 aliphatic carbocycles. The van der Waals surface area contributed by atoms with Gasteiger partial charge in [0, 0.05) is 11.1 Å². The lowest BCUT2D eigenvalue weighted by Gasteiger charge is -2.19. The SMILES string of the molecule is CC(Oc1ccc(Cl)cc1CCN)C(=O)NC1CCCC1. The summed E-state index contributed by atoms with van der Waals surface area (Å²) in [4.78, 5) is 12.2. The number of benzene rings is 1. The third kappa shape index (κ3) is 4.61. The number of rotatable bonds is 6. The van der Waals surface area contributed by atoms with Gasteiger partial charge in [-0.3, -0.25) is 4.79 Å². The van der Waals surface area contributed by atoms with Gasteiger partial charge in [0.25, 0.3) is 5.91 Å². The van der Waals surface area contributed by atoms with Gasteiger partial charge in [0.15, 0.2) is 6.10 Å². The van der Waals surface area contributed by atoms with E-state index in [0.29, 0.717) is 29.8 Å². The molecule has 1 aromatic carbocycles. The number of nitrogens with two attached hydrogens (primary N) is 1. The number of ether oxygens (including phenoxy) is 1. The lowest BCUT2D eigenvalue weighted by atomic mass is 10.1. The molecule has 1 aliphatic rings. The van der Waals surface area contributed by atoms with E-state index in [2.05, 4.69) is 5.32 Å². The Labute approximate surface area is 131 Å². The second-order valence-electron chi connectivity index (χ2n) is 5.54. The Balaban J connectivity index is 1.97. The molecule has 1 amide bonds. The first-order chi connectivity index (χ1) is 10.1. The fourth-order valence-electron chi connectivity index (χ4n) is 2.65. The Kier molecular flexibility index (Phi) is 5.88. The molecule has 3 N–H and O–H groups in total. The molecule has 1 aromatic rings. The zero-order chi connectivity index (χ0) is 15.2. The number of hydrogen-bond acceptors (Lipinski definition) is 3. The molecule has 1 atom stereocenters. The van der Waals surface area contributed by atoms with E-state index in [0.717, 1.165) is 18.4 Å². The summed E-state index contributed by atoms with van der Waals surface area (Å²) in [5, 5.41) is 3.69. The second kappa shape index (κ2) is 7.66. The van der Waals surface area contributed by atoms with Gasteiger partial charge in [0.2, 0.25) is 0 Å². The Morgan fingerprint density at radius 1 is 1.48 bits per heavy atom. The maximum absolute atomic E-state index is 12.2. The van der Waals surface area contributed by atoms with Crippen LogP contribution in [0.2, 0.25) is 5.02 Å². The highest BCUT2D eigenvalue weighted by Crippen LogP contribution is 2.24. The lowest BCUT2D eigenvalue weighted by molar-refractivity contribution is -0.127. The van der Waals surface area contributed by atoms with Crippen LogP contribution in [0.25, 0.3) is 0 Å². The number of halogens is 1. The van der Waals surface area contributed by atoms with E-state index in [4.69, 9.17) is 22.1 Å². The van der Waals surface area contributed by atoms with E-state index in [1.54, 1.807) is 19.1 Å². The zero-order valence-electron chi connectivity index (χ0n) is 12.4. The van der Waals surface area contributed by atoms with Crippen LogP contribution < -0.4 is 15.8 Å². The standard InChI is InChI=1S/C16H23ClN2O2/c1-11(16(20)19-14-4-2-3-5-14)21-15-7-6-13(17)10-12(15)8-9-18/h6-7,10-11,14H,2-5,8-9,18H2,1H3,(H,19,20). The van der Waals surface area contributed by atoms with E-state index in [1.807, 2.05) is 6.07 Å². The minimum absolute atomic E-state index is 0.0597. The Hall–Kier alpha value is -1.26. The van der Waals surface area contributed by atoms with Crippen LogP contribution >= 0.6 is 11.6 Å². The van der Waals surface area contributed by atoms with Crippen LogP contribution in [0.5, 0.6) is 5.75 Å². The minimum Gasteiger partial charge on any atom is -0.481 e. The Bertz CT molecular complexity index is 487. The van der Waals surface area contributed by atoms with Crippen LogP contribution in [0.3, 0.4) is 0 Å². The molecule has 0 radical (unpaired) electrons. The first-order valence-electron chi connectivity index (χ1n) is 7.55.